The van der Waals surface area contributed by atoms with Gasteiger partial charge in [0.25, 0.3) is 0 Å². The Balaban J connectivity index is 1.16. The van der Waals surface area contributed by atoms with Crippen LogP contribution in [0.4, 0.5) is 24.7 Å². The summed E-state index contributed by atoms with van der Waals surface area (Å²) in [5, 5.41) is 0.607. The summed E-state index contributed by atoms with van der Waals surface area (Å²) in [5.41, 5.74) is 1.50. The molecule has 0 bridgehead atoms. The normalized spacial score (nSPS) is 18.7. The zero-order chi connectivity index (χ0) is 27.6. The molecule has 1 atom stereocenters. The number of hydrogen-bond acceptors (Lipinski definition) is 7. The number of carbonyl (C=O) groups is 1. The first-order valence-electron chi connectivity index (χ1n) is 12.5. The number of morpholine rings is 1. The SMILES string of the molecule is C=S(=O)(Nc1ccc(CC(=O)N2CCN(c3ncnc4sc(CC(F)(F)F)cc34)CC2)cc1)N1CCOCC1. The monoisotopic (exact) mass is 582 g/mol. The van der Waals surface area contributed by atoms with Crippen molar-refractivity contribution in [3.63, 3.8) is 0 Å². The maximum Gasteiger partial charge on any atom is 0.393 e. The molecule has 0 spiro atoms. The maximum absolute atomic E-state index is 13.0. The van der Waals surface area contributed by atoms with Crippen LogP contribution in [-0.4, -0.2) is 93.8 Å². The minimum absolute atomic E-state index is 0.0135. The van der Waals surface area contributed by atoms with Crippen molar-refractivity contribution in [3.8, 4) is 0 Å². The molecule has 2 aliphatic rings. The Hall–Kier alpha value is -2.94. The predicted molar refractivity (Wildman–Crippen MR) is 147 cm³/mol. The van der Waals surface area contributed by atoms with Crippen LogP contribution in [0.3, 0.4) is 0 Å². The number of amides is 1. The van der Waals surface area contributed by atoms with Crippen molar-refractivity contribution in [2.24, 2.45) is 0 Å². The Kier molecular flexibility index (Phi) is 7.99. The third-order valence-electron chi connectivity index (χ3n) is 6.64. The fourth-order valence-electron chi connectivity index (χ4n) is 4.66. The van der Waals surface area contributed by atoms with E-state index in [4.69, 9.17) is 4.74 Å². The summed E-state index contributed by atoms with van der Waals surface area (Å²) in [6.07, 6.45) is -3.67. The molecular formula is C25H29F3N6O3S2. The van der Waals surface area contributed by atoms with Gasteiger partial charge in [-0.3, -0.25) is 4.79 Å². The van der Waals surface area contributed by atoms with Crippen molar-refractivity contribution < 1.29 is 26.9 Å². The molecule has 1 amide bonds. The van der Waals surface area contributed by atoms with Crippen LogP contribution in [-0.2, 0) is 32.3 Å². The molecule has 2 saturated heterocycles. The number of rotatable bonds is 7. The Morgan fingerprint density at radius 3 is 2.44 bits per heavy atom. The van der Waals surface area contributed by atoms with Crippen LogP contribution in [0, 0.1) is 0 Å². The molecule has 5 rings (SSSR count). The lowest BCUT2D eigenvalue weighted by Gasteiger charge is -2.35. The average molecular weight is 583 g/mol. The van der Waals surface area contributed by atoms with E-state index < -0.39 is 22.5 Å². The standard InChI is InChI=1S/C25H29F3N6O3S2/c1-39(36,34-10-12-37-13-11-34)31-19-4-2-18(3-5-19)14-22(35)32-6-8-33(9-7-32)23-21-15-20(16-25(26,27)28)38-24(21)30-17-29-23/h2-5,15,17H,1,6-14,16H2,(H,31,36). The number of fused-ring (bicyclic) bond motifs is 1. The highest BCUT2D eigenvalue weighted by molar-refractivity contribution is 7.99. The largest absolute Gasteiger partial charge is 0.393 e. The van der Waals surface area contributed by atoms with E-state index in [0.29, 0.717) is 74.2 Å². The number of halogens is 3. The Labute approximate surface area is 228 Å². The fraction of sp³-hybridized carbons (Fsp3) is 0.440. The number of nitrogens with zero attached hydrogens (tertiary/aromatic N) is 5. The Morgan fingerprint density at radius 1 is 1.08 bits per heavy atom. The number of anilines is 2. The van der Waals surface area contributed by atoms with Gasteiger partial charge >= 0.3 is 6.18 Å². The van der Waals surface area contributed by atoms with Crippen molar-refractivity contribution in [2.75, 3.05) is 62.1 Å². The summed E-state index contributed by atoms with van der Waals surface area (Å²) in [6, 6.07) is 8.77. The Morgan fingerprint density at radius 2 is 1.77 bits per heavy atom. The molecule has 14 heteroatoms. The van der Waals surface area contributed by atoms with Gasteiger partial charge in [-0.1, -0.05) is 12.1 Å². The van der Waals surface area contributed by atoms with E-state index in [9.17, 15) is 22.2 Å². The zero-order valence-corrected chi connectivity index (χ0v) is 22.8. The van der Waals surface area contributed by atoms with E-state index in [1.807, 2.05) is 17.0 Å². The lowest BCUT2D eigenvalue weighted by Crippen LogP contribution is -2.49. The number of benzene rings is 1. The minimum Gasteiger partial charge on any atom is -0.379 e. The van der Waals surface area contributed by atoms with Crippen molar-refractivity contribution in [3.05, 3.63) is 47.1 Å². The Bertz CT molecular complexity index is 1420. The molecule has 210 valence electrons. The van der Waals surface area contributed by atoms with Crippen LogP contribution >= 0.6 is 11.3 Å². The lowest BCUT2D eigenvalue weighted by molar-refractivity contribution is -0.130. The van der Waals surface area contributed by atoms with E-state index in [2.05, 4.69) is 20.6 Å². The van der Waals surface area contributed by atoms with E-state index in [1.54, 1.807) is 21.3 Å². The summed E-state index contributed by atoms with van der Waals surface area (Å²) in [6.45, 7) is 4.12. The number of nitrogens with one attached hydrogen (secondary N) is 1. The van der Waals surface area contributed by atoms with Crippen LogP contribution in [0.2, 0.25) is 0 Å². The molecule has 1 aromatic carbocycles. The summed E-state index contributed by atoms with van der Waals surface area (Å²) >= 11 is 1.03. The number of carbonyl (C=O) groups excluding carboxylic acids is 1. The summed E-state index contributed by atoms with van der Waals surface area (Å²) in [5.74, 6) is 4.43. The first kappa shape index (κ1) is 27.6. The van der Waals surface area contributed by atoms with Gasteiger partial charge in [-0.2, -0.15) is 13.2 Å². The summed E-state index contributed by atoms with van der Waals surface area (Å²) < 4.78 is 61.6. The van der Waals surface area contributed by atoms with Crippen LogP contribution in [0.15, 0.2) is 36.7 Å². The van der Waals surface area contributed by atoms with Gasteiger partial charge in [0.15, 0.2) is 0 Å². The highest BCUT2D eigenvalue weighted by atomic mass is 32.2. The molecule has 9 nitrogen and oxygen atoms in total. The molecule has 2 aliphatic heterocycles. The molecule has 3 aromatic rings. The topological polar surface area (TPSA) is 90.9 Å². The first-order valence-corrected chi connectivity index (χ1v) is 15.0. The number of aromatic nitrogens is 2. The molecule has 2 fully saturated rings. The van der Waals surface area contributed by atoms with Gasteiger partial charge in [-0.15, -0.1) is 11.3 Å². The first-order chi connectivity index (χ1) is 18.6. The second kappa shape index (κ2) is 11.3. The highest BCUT2D eigenvalue weighted by Gasteiger charge is 2.30. The van der Waals surface area contributed by atoms with Gasteiger partial charge in [-0.05, 0) is 29.6 Å². The van der Waals surface area contributed by atoms with Crippen molar-refractivity contribution in [1.29, 1.82) is 0 Å². The number of hydrogen-bond donors (Lipinski definition) is 1. The summed E-state index contributed by atoms with van der Waals surface area (Å²) in [7, 11) is -2.67. The number of ether oxygens (including phenoxy) is 1. The average Bonchev–Trinajstić information content (AvgIpc) is 3.31. The van der Waals surface area contributed by atoms with Crippen LogP contribution < -0.4 is 9.62 Å². The number of piperazine rings is 1. The second-order valence-corrected chi connectivity index (χ2v) is 12.6. The smallest absolute Gasteiger partial charge is 0.379 e. The molecule has 0 saturated carbocycles. The highest BCUT2D eigenvalue weighted by Crippen LogP contribution is 2.34. The molecule has 39 heavy (non-hydrogen) atoms. The molecule has 0 radical (unpaired) electrons. The molecular weight excluding hydrogens is 553 g/mol. The van der Waals surface area contributed by atoms with E-state index in [0.717, 1.165) is 16.9 Å². The van der Waals surface area contributed by atoms with Crippen LogP contribution in [0.5, 0.6) is 0 Å². The van der Waals surface area contributed by atoms with E-state index in [1.165, 1.54) is 12.4 Å². The molecule has 1 unspecified atom stereocenters. The van der Waals surface area contributed by atoms with Crippen molar-refractivity contribution >= 4 is 54.7 Å². The quantitative estimate of drug-likeness (QED) is 0.431. The minimum atomic E-state index is -4.28. The number of thiophene rings is 1. The van der Waals surface area contributed by atoms with Gasteiger partial charge < -0.3 is 19.3 Å². The van der Waals surface area contributed by atoms with E-state index in [-0.39, 0.29) is 17.2 Å². The molecule has 0 aliphatic carbocycles. The van der Waals surface area contributed by atoms with Gasteiger partial charge in [0.05, 0.1) is 31.4 Å². The van der Waals surface area contributed by atoms with Crippen molar-refractivity contribution in [1.82, 2.24) is 19.2 Å². The third-order valence-corrected chi connectivity index (χ3v) is 9.44. The molecule has 1 N–H and O–H groups in total. The molecule has 4 heterocycles. The lowest BCUT2D eigenvalue weighted by atomic mass is 10.1. The van der Waals surface area contributed by atoms with Gasteiger partial charge in [0, 0.05) is 49.8 Å². The van der Waals surface area contributed by atoms with Gasteiger partial charge in [-0.25, -0.2) is 18.5 Å². The van der Waals surface area contributed by atoms with Crippen LogP contribution in [0.1, 0.15) is 10.4 Å². The van der Waals surface area contributed by atoms with Gasteiger partial charge in [0.1, 0.15) is 26.9 Å². The second-order valence-electron chi connectivity index (χ2n) is 9.45. The van der Waals surface area contributed by atoms with Crippen LogP contribution in [0.25, 0.3) is 10.2 Å². The maximum atomic E-state index is 13.0. The third kappa shape index (κ3) is 6.80. The van der Waals surface area contributed by atoms with Gasteiger partial charge in [0.2, 0.25) is 5.91 Å². The number of alkyl halides is 3. The predicted octanol–water partition coefficient (Wildman–Crippen LogP) is 2.98. The summed E-state index contributed by atoms with van der Waals surface area (Å²) in [4.78, 5) is 25.9. The molecule has 2 aromatic heterocycles. The van der Waals surface area contributed by atoms with Crippen molar-refractivity contribution in [2.45, 2.75) is 19.0 Å². The fourth-order valence-corrected chi connectivity index (χ4v) is 7.06. The zero-order valence-electron chi connectivity index (χ0n) is 21.2. The van der Waals surface area contributed by atoms with E-state index >= 15 is 0 Å².